The van der Waals surface area contributed by atoms with E-state index < -0.39 is 0 Å². The molecule has 0 aliphatic rings. The Hall–Kier alpha value is -3.80. The zero-order valence-electron chi connectivity index (χ0n) is 16.1. The van der Waals surface area contributed by atoms with E-state index in [-0.39, 0.29) is 24.7 Å². The van der Waals surface area contributed by atoms with Gasteiger partial charge in [0.05, 0.1) is 0 Å². The van der Waals surface area contributed by atoms with Crippen LogP contribution in [0.5, 0.6) is 0 Å². The van der Waals surface area contributed by atoms with Gasteiger partial charge in [0.1, 0.15) is 0 Å². The monoisotopic (exact) mass is 388 g/mol. The highest BCUT2D eigenvalue weighted by molar-refractivity contribution is 5.83. The molecule has 0 fully saturated rings. The summed E-state index contributed by atoms with van der Waals surface area (Å²) in [5, 5.41) is 7.67. The van der Waals surface area contributed by atoms with Gasteiger partial charge in [0, 0.05) is 25.3 Å². The zero-order valence-corrected chi connectivity index (χ0v) is 16.1. The Morgan fingerprint density at radius 3 is 1.52 bits per heavy atom. The van der Waals surface area contributed by atoms with Crippen LogP contribution in [0.3, 0.4) is 0 Å². The summed E-state index contributed by atoms with van der Waals surface area (Å²) in [7, 11) is 0. The number of hydrogen-bond donors (Lipinski definition) is 2. The minimum Gasteiger partial charge on any atom is -0.273 e. The van der Waals surface area contributed by atoms with Gasteiger partial charge in [0.25, 0.3) is 0 Å². The molecule has 2 aromatic rings. The molecule has 0 aliphatic carbocycles. The second-order valence-corrected chi connectivity index (χ2v) is 6.02. The fourth-order valence-electron chi connectivity index (χ4n) is 2.26. The highest BCUT2D eigenvalue weighted by Crippen LogP contribution is 2.00. The number of allylic oxidation sites excluding steroid dienone is 2. The van der Waals surface area contributed by atoms with E-state index in [1.807, 2.05) is 72.8 Å². The molecule has 0 spiro atoms. The summed E-state index contributed by atoms with van der Waals surface area (Å²) in [6.07, 6.45) is 11.1. The number of carbonyl (C=O) groups is 2. The Labute approximate surface area is 170 Å². The summed E-state index contributed by atoms with van der Waals surface area (Å²) in [4.78, 5) is 23.3. The fourth-order valence-corrected chi connectivity index (χ4v) is 2.26. The number of benzene rings is 2. The van der Waals surface area contributed by atoms with E-state index in [1.165, 1.54) is 12.4 Å². The average molecular weight is 388 g/mol. The van der Waals surface area contributed by atoms with Crippen LogP contribution in [0, 0.1) is 0 Å². The third-order valence-corrected chi connectivity index (χ3v) is 3.68. The van der Waals surface area contributed by atoms with Crippen LogP contribution in [0.2, 0.25) is 0 Å². The number of hydrogen-bond acceptors (Lipinski definition) is 4. The molecule has 0 saturated carbocycles. The molecule has 148 valence electrons. The first kappa shape index (κ1) is 21.5. The number of hydrazone groups is 2. The fraction of sp³-hybridized carbons (Fsp3) is 0.130. The molecule has 2 amide bonds. The van der Waals surface area contributed by atoms with Crippen LogP contribution in [-0.2, 0) is 9.59 Å². The van der Waals surface area contributed by atoms with Crippen molar-refractivity contribution in [2.24, 2.45) is 10.2 Å². The van der Waals surface area contributed by atoms with Gasteiger partial charge in [0.2, 0.25) is 11.8 Å². The molecule has 0 atom stereocenters. The average Bonchev–Trinajstić information content (AvgIpc) is 2.75. The first-order valence-electron chi connectivity index (χ1n) is 9.31. The summed E-state index contributed by atoms with van der Waals surface area (Å²) in [6.45, 7) is 0. The van der Waals surface area contributed by atoms with Crippen molar-refractivity contribution in [3.05, 3.63) is 83.9 Å². The Morgan fingerprint density at radius 1 is 0.690 bits per heavy atom. The van der Waals surface area contributed by atoms with Crippen molar-refractivity contribution < 1.29 is 9.59 Å². The van der Waals surface area contributed by atoms with E-state index in [0.29, 0.717) is 6.42 Å². The largest absolute Gasteiger partial charge is 0.273 e. The highest BCUT2D eigenvalue weighted by Gasteiger charge is 2.03. The predicted octanol–water partition coefficient (Wildman–Crippen LogP) is 3.79. The molecule has 2 N–H and O–H groups in total. The van der Waals surface area contributed by atoms with Gasteiger partial charge in [-0.25, -0.2) is 10.9 Å². The van der Waals surface area contributed by atoms with Gasteiger partial charge in [-0.15, -0.1) is 0 Å². The molecule has 0 aliphatic heterocycles. The van der Waals surface area contributed by atoms with Crippen molar-refractivity contribution in [2.45, 2.75) is 19.3 Å². The molecule has 0 aromatic heterocycles. The lowest BCUT2D eigenvalue weighted by Gasteiger charge is -1.99. The van der Waals surface area contributed by atoms with Crippen molar-refractivity contribution in [1.29, 1.82) is 0 Å². The van der Waals surface area contributed by atoms with Crippen LogP contribution < -0.4 is 10.9 Å². The van der Waals surface area contributed by atoms with Crippen LogP contribution in [-0.4, -0.2) is 24.2 Å². The first-order chi connectivity index (χ1) is 14.2. The molecule has 0 bridgehead atoms. The molecule has 0 radical (unpaired) electrons. The van der Waals surface area contributed by atoms with E-state index in [2.05, 4.69) is 21.1 Å². The van der Waals surface area contributed by atoms with Gasteiger partial charge in [-0.2, -0.15) is 10.2 Å². The molecular formula is C23H24N4O2. The van der Waals surface area contributed by atoms with E-state index in [1.54, 1.807) is 12.2 Å². The van der Waals surface area contributed by atoms with E-state index in [4.69, 9.17) is 0 Å². The predicted molar refractivity (Wildman–Crippen MR) is 118 cm³/mol. The van der Waals surface area contributed by atoms with Crippen molar-refractivity contribution >= 4 is 36.4 Å². The third-order valence-electron chi connectivity index (χ3n) is 3.68. The topological polar surface area (TPSA) is 82.9 Å². The Morgan fingerprint density at radius 2 is 1.10 bits per heavy atom. The summed E-state index contributed by atoms with van der Waals surface area (Å²) < 4.78 is 0. The lowest BCUT2D eigenvalue weighted by atomic mass is 10.2. The second kappa shape index (κ2) is 13.4. The SMILES string of the molecule is O=C(CCCC(=O)N/N=C/C=C\c1ccccc1)N/N=C\C=C\c1ccccc1. The Balaban J connectivity index is 1.55. The quantitative estimate of drug-likeness (QED) is 0.479. The molecule has 0 saturated heterocycles. The van der Waals surface area contributed by atoms with Gasteiger partial charge >= 0.3 is 0 Å². The molecule has 0 heterocycles. The van der Waals surface area contributed by atoms with Gasteiger partial charge in [-0.3, -0.25) is 9.59 Å². The van der Waals surface area contributed by atoms with Crippen molar-refractivity contribution in [3.63, 3.8) is 0 Å². The first-order valence-corrected chi connectivity index (χ1v) is 9.31. The molecule has 29 heavy (non-hydrogen) atoms. The summed E-state index contributed by atoms with van der Waals surface area (Å²) >= 11 is 0. The maximum absolute atomic E-state index is 11.7. The van der Waals surface area contributed by atoms with E-state index >= 15 is 0 Å². The summed E-state index contributed by atoms with van der Waals surface area (Å²) in [5.41, 5.74) is 6.95. The standard InChI is InChI=1S/C23H24N4O2/c28-22(26-24-18-8-14-20-10-3-1-4-11-20)16-7-17-23(29)27-25-19-9-15-21-12-5-2-6-13-21/h1-6,8-15,18-19H,7,16-17H2,(H,26,28)(H,27,29)/b14-8-,15-9+,24-18+,25-19-. The number of nitrogens with zero attached hydrogens (tertiary/aromatic N) is 2. The summed E-state index contributed by atoms with van der Waals surface area (Å²) in [5.74, 6) is -0.479. The second-order valence-electron chi connectivity index (χ2n) is 6.02. The molecule has 6 nitrogen and oxygen atoms in total. The molecule has 2 rings (SSSR count). The maximum atomic E-state index is 11.7. The summed E-state index contributed by atoms with van der Waals surface area (Å²) in [6, 6.07) is 19.6. The van der Waals surface area contributed by atoms with Crippen molar-refractivity contribution in [3.8, 4) is 0 Å². The lowest BCUT2D eigenvalue weighted by molar-refractivity contribution is -0.122. The normalized spacial score (nSPS) is 11.6. The van der Waals surface area contributed by atoms with Crippen LogP contribution in [0.1, 0.15) is 30.4 Å². The van der Waals surface area contributed by atoms with Crippen LogP contribution in [0.15, 0.2) is 83.0 Å². The van der Waals surface area contributed by atoms with Crippen LogP contribution in [0.4, 0.5) is 0 Å². The molecule has 2 aromatic carbocycles. The van der Waals surface area contributed by atoms with Crippen molar-refractivity contribution in [1.82, 2.24) is 10.9 Å². The Bertz CT molecular complexity index is 799. The molecular weight excluding hydrogens is 364 g/mol. The zero-order chi connectivity index (χ0) is 20.6. The van der Waals surface area contributed by atoms with Gasteiger partial charge < -0.3 is 0 Å². The maximum Gasteiger partial charge on any atom is 0.240 e. The Kier molecular flexibility index (Phi) is 9.92. The third kappa shape index (κ3) is 10.2. The molecule has 0 unspecified atom stereocenters. The van der Waals surface area contributed by atoms with Gasteiger partial charge in [-0.05, 0) is 29.7 Å². The number of nitrogens with one attached hydrogen (secondary N) is 2. The van der Waals surface area contributed by atoms with Crippen LogP contribution in [0.25, 0.3) is 12.2 Å². The van der Waals surface area contributed by atoms with Gasteiger partial charge in [-0.1, -0.05) is 72.8 Å². The molecule has 6 heteroatoms. The highest BCUT2D eigenvalue weighted by atomic mass is 16.2. The minimum absolute atomic E-state index is 0.213. The number of rotatable bonds is 10. The smallest absolute Gasteiger partial charge is 0.240 e. The van der Waals surface area contributed by atoms with E-state index in [0.717, 1.165) is 11.1 Å². The van der Waals surface area contributed by atoms with E-state index in [9.17, 15) is 9.59 Å². The van der Waals surface area contributed by atoms with Crippen molar-refractivity contribution in [2.75, 3.05) is 0 Å². The number of carbonyl (C=O) groups excluding carboxylic acids is 2. The van der Waals surface area contributed by atoms with Crippen LogP contribution >= 0.6 is 0 Å². The lowest BCUT2D eigenvalue weighted by Crippen LogP contribution is -2.20. The number of amides is 2. The van der Waals surface area contributed by atoms with Gasteiger partial charge in [0.15, 0.2) is 0 Å². The minimum atomic E-state index is -0.239.